The molecule has 1 saturated heterocycles. The molecule has 0 N–H and O–H groups in total. The zero-order valence-corrected chi connectivity index (χ0v) is 19.6. The zero-order chi connectivity index (χ0) is 22.8. The van der Waals surface area contributed by atoms with E-state index in [1.165, 1.54) is 43.4 Å². The Morgan fingerprint density at radius 1 is 0.545 bits per heavy atom. The molecule has 1 fully saturated rings. The standard InChI is InChI=1S/C30H27BO2/c1-29(2)30(3,4)33-31(32-29)25-16-15-20-17-24(14-13-21(20)19-25)28-26-11-7-5-9-22(26)18-23-10-6-8-12-27(23)28/h5-19H,1-4H3. The Kier molecular flexibility index (Phi) is 4.45. The lowest BCUT2D eigenvalue weighted by Gasteiger charge is -2.32. The highest BCUT2D eigenvalue weighted by molar-refractivity contribution is 6.62. The predicted octanol–water partition coefficient (Wildman–Crippen LogP) is 7.11. The van der Waals surface area contributed by atoms with Gasteiger partial charge in [-0.2, -0.15) is 0 Å². The van der Waals surface area contributed by atoms with Crippen molar-refractivity contribution in [2.24, 2.45) is 0 Å². The quantitative estimate of drug-likeness (QED) is 0.219. The molecule has 0 spiro atoms. The van der Waals surface area contributed by atoms with Crippen molar-refractivity contribution < 1.29 is 9.31 Å². The van der Waals surface area contributed by atoms with E-state index in [-0.39, 0.29) is 18.3 Å². The van der Waals surface area contributed by atoms with Crippen molar-refractivity contribution in [1.82, 2.24) is 0 Å². The van der Waals surface area contributed by atoms with Gasteiger partial charge in [-0.25, -0.2) is 0 Å². The lowest BCUT2D eigenvalue weighted by Crippen LogP contribution is -2.41. The largest absolute Gasteiger partial charge is 0.494 e. The minimum atomic E-state index is -0.346. The van der Waals surface area contributed by atoms with Gasteiger partial charge in [0.05, 0.1) is 11.2 Å². The van der Waals surface area contributed by atoms with E-state index < -0.39 is 0 Å². The summed E-state index contributed by atoms with van der Waals surface area (Å²) >= 11 is 0. The van der Waals surface area contributed by atoms with Gasteiger partial charge in [0.1, 0.15) is 0 Å². The van der Waals surface area contributed by atoms with Gasteiger partial charge in [0, 0.05) is 0 Å². The van der Waals surface area contributed by atoms with Gasteiger partial charge < -0.3 is 9.31 Å². The summed E-state index contributed by atoms with van der Waals surface area (Å²) in [4.78, 5) is 0. The molecule has 2 nitrogen and oxygen atoms in total. The summed E-state index contributed by atoms with van der Waals surface area (Å²) in [5.74, 6) is 0. The van der Waals surface area contributed by atoms with Crippen molar-refractivity contribution in [3.05, 3.63) is 91.0 Å². The summed E-state index contributed by atoms with van der Waals surface area (Å²) in [5.41, 5.74) is 2.90. The average molecular weight is 430 g/mol. The predicted molar refractivity (Wildman–Crippen MR) is 140 cm³/mol. The number of benzene rings is 5. The molecule has 0 aromatic heterocycles. The van der Waals surface area contributed by atoms with Crippen LogP contribution in [0, 0.1) is 0 Å². The summed E-state index contributed by atoms with van der Waals surface area (Å²) in [6.07, 6.45) is 0. The summed E-state index contributed by atoms with van der Waals surface area (Å²) < 4.78 is 12.5. The van der Waals surface area contributed by atoms with Gasteiger partial charge in [0.25, 0.3) is 0 Å². The maximum absolute atomic E-state index is 6.27. The Morgan fingerprint density at radius 3 is 1.73 bits per heavy atom. The Hall–Kier alpha value is -3.14. The van der Waals surface area contributed by atoms with Crippen LogP contribution in [-0.4, -0.2) is 18.3 Å². The van der Waals surface area contributed by atoms with Gasteiger partial charge in [-0.15, -0.1) is 0 Å². The Labute approximate surface area is 195 Å². The molecule has 0 bridgehead atoms. The smallest absolute Gasteiger partial charge is 0.399 e. The molecule has 5 aromatic carbocycles. The van der Waals surface area contributed by atoms with Crippen molar-refractivity contribution in [2.45, 2.75) is 38.9 Å². The van der Waals surface area contributed by atoms with Crippen LogP contribution in [0.1, 0.15) is 27.7 Å². The number of rotatable bonds is 2. The Bertz CT molecular complexity index is 1460. The van der Waals surface area contributed by atoms with Crippen LogP contribution in [0.15, 0.2) is 91.0 Å². The molecule has 0 amide bonds. The Balaban J connectivity index is 1.48. The molecular formula is C30H27BO2. The normalized spacial score (nSPS) is 17.3. The van der Waals surface area contributed by atoms with E-state index in [9.17, 15) is 0 Å². The topological polar surface area (TPSA) is 18.5 Å². The molecule has 0 atom stereocenters. The fraction of sp³-hybridized carbons (Fsp3) is 0.200. The number of hydrogen-bond donors (Lipinski definition) is 0. The molecule has 0 radical (unpaired) electrons. The lowest BCUT2D eigenvalue weighted by molar-refractivity contribution is 0.00578. The second kappa shape index (κ2) is 7.18. The van der Waals surface area contributed by atoms with Crippen molar-refractivity contribution in [3.63, 3.8) is 0 Å². The van der Waals surface area contributed by atoms with Crippen molar-refractivity contribution >= 4 is 44.9 Å². The third-order valence-electron chi connectivity index (χ3n) is 7.45. The molecule has 0 unspecified atom stereocenters. The minimum Gasteiger partial charge on any atom is -0.399 e. The van der Waals surface area contributed by atoms with Gasteiger partial charge in [0.15, 0.2) is 0 Å². The fourth-order valence-electron chi connectivity index (χ4n) is 4.87. The minimum absolute atomic E-state index is 0.341. The highest BCUT2D eigenvalue weighted by atomic mass is 16.7. The monoisotopic (exact) mass is 430 g/mol. The fourth-order valence-corrected chi connectivity index (χ4v) is 4.87. The van der Waals surface area contributed by atoms with Crippen molar-refractivity contribution in [2.75, 3.05) is 0 Å². The summed E-state index contributed by atoms with van der Waals surface area (Å²) in [5, 5.41) is 7.50. The first-order valence-electron chi connectivity index (χ1n) is 11.6. The summed E-state index contributed by atoms with van der Waals surface area (Å²) in [7, 11) is -0.346. The molecule has 3 heteroatoms. The van der Waals surface area contributed by atoms with Gasteiger partial charge in [-0.1, -0.05) is 78.9 Å². The van der Waals surface area contributed by atoms with Gasteiger partial charge >= 0.3 is 7.12 Å². The van der Waals surface area contributed by atoms with Crippen LogP contribution in [0.2, 0.25) is 0 Å². The van der Waals surface area contributed by atoms with E-state index in [1.807, 2.05) is 0 Å². The number of hydrogen-bond acceptors (Lipinski definition) is 2. The number of fused-ring (bicyclic) bond motifs is 3. The van der Waals surface area contributed by atoms with E-state index in [2.05, 4.69) is 119 Å². The highest BCUT2D eigenvalue weighted by Crippen LogP contribution is 2.38. The maximum Gasteiger partial charge on any atom is 0.494 e. The second-order valence-corrected chi connectivity index (χ2v) is 10.1. The van der Waals surface area contributed by atoms with Crippen LogP contribution in [0.25, 0.3) is 43.4 Å². The summed E-state index contributed by atoms with van der Waals surface area (Å²) in [6.45, 7) is 8.37. The van der Waals surface area contributed by atoms with E-state index >= 15 is 0 Å². The molecule has 0 saturated carbocycles. The lowest BCUT2D eigenvalue weighted by atomic mass is 9.78. The van der Waals surface area contributed by atoms with Gasteiger partial charge in [-0.05, 0) is 88.7 Å². The Morgan fingerprint density at radius 2 is 1.09 bits per heavy atom. The van der Waals surface area contributed by atoms with E-state index in [0.29, 0.717) is 0 Å². The summed E-state index contributed by atoms with van der Waals surface area (Å²) in [6, 6.07) is 32.9. The molecule has 162 valence electrons. The van der Waals surface area contributed by atoms with Gasteiger partial charge in [0.2, 0.25) is 0 Å². The van der Waals surface area contributed by atoms with E-state index in [1.54, 1.807) is 0 Å². The first kappa shape index (κ1) is 20.5. The third kappa shape index (κ3) is 3.27. The SMILES string of the molecule is CC1(C)OB(c2ccc3cc(-c4c5ccccc5cc5ccccc45)ccc3c2)OC1(C)C. The van der Waals surface area contributed by atoms with Crippen LogP contribution in [0.3, 0.4) is 0 Å². The third-order valence-corrected chi connectivity index (χ3v) is 7.45. The molecule has 33 heavy (non-hydrogen) atoms. The van der Waals surface area contributed by atoms with E-state index in [4.69, 9.17) is 9.31 Å². The molecule has 5 aromatic rings. The average Bonchev–Trinajstić information content (AvgIpc) is 3.03. The molecule has 1 aliphatic rings. The molecule has 1 heterocycles. The van der Waals surface area contributed by atoms with E-state index in [0.717, 1.165) is 5.46 Å². The molecule has 1 aliphatic heterocycles. The van der Waals surface area contributed by atoms with Crippen LogP contribution < -0.4 is 5.46 Å². The first-order chi connectivity index (χ1) is 15.8. The van der Waals surface area contributed by atoms with Crippen LogP contribution in [0.5, 0.6) is 0 Å². The molecule has 0 aliphatic carbocycles. The van der Waals surface area contributed by atoms with Crippen LogP contribution in [-0.2, 0) is 9.31 Å². The maximum atomic E-state index is 6.27. The van der Waals surface area contributed by atoms with Crippen molar-refractivity contribution in [3.8, 4) is 11.1 Å². The molecule has 6 rings (SSSR count). The first-order valence-corrected chi connectivity index (χ1v) is 11.6. The second-order valence-electron chi connectivity index (χ2n) is 10.1. The van der Waals surface area contributed by atoms with Gasteiger partial charge in [-0.3, -0.25) is 0 Å². The van der Waals surface area contributed by atoms with Crippen molar-refractivity contribution in [1.29, 1.82) is 0 Å². The van der Waals surface area contributed by atoms with Crippen LogP contribution >= 0.6 is 0 Å². The highest BCUT2D eigenvalue weighted by Gasteiger charge is 2.51. The van der Waals surface area contributed by atoms with Crippen LogP contribution in [0.4, 0.5) is 0 Å². The zero-order valence-electron chi connectivity index (χ0n) is 19.6. The molecular weight excluding hydrogens is 403 g/mol.